The molecule has 1 aromatic carbocycles. The summed E-state index contributed by atoms with van der Waals surface area (Å²) in [6.07, 6.45) is 3.60. The number of hydrogen-bond donors (Lipinski definition) is 4. The predicted octanol–water partition coefficient (Wildman–Crippen LogP) is 3.32. The highest BCUT2D eigenvalue weighted by Crippen LogP contribution is 2.29. The molecule has 1 fully saturated rings. The van der Waals surface area contributed by atoms with Crippen LogP contribution in [0.4, 0.5) is 10.1 Å². The van der Waals surface area contributed by atoms with E-state index in [-0.39, 0.29) is 10.9 Å². The summed E-state index contributed by atoms with van der Waals surface area (Å²) in [4.78, 5) is 0. The van der Waals surface area contributed by atoms with Crippen molar-refractivity contribution in [2.45, 2.75) is 39.2 Å². The van der Waals surface area contributed by atoms with Gasteiger partial charge in [-0.3, -0.25) is 10.9 Å². The molecule has 1 saturated carbocycles. The van der Waals surface area contributed by atoms with Gasteiger partial charge in [-0.15, -0.1) is 0 Å². The zero-order chi connectivity index (χ0) is 16.8. The first-order valence-corrected chi connectivity index (χ1v) is 8.67. The van der Waals surface area contributed by atoms with Gasteiger partial charge in [-0.2, -0.15) is 0 Å². The van der Waals surface area contributed by atoms with Crippen LogP contribution < -0.4 is 21.5 Å². The molecule has 0 amide bonds. The molecule has 0 heterocycles. The Kier molecular flexibility index (Phi) is 6.53. The first-order chi connectivity index (χ1) is 11.0. The van der Waals surface area contributed by atoms with Gasteiger partial charge in [-0.05, 0) is 54.8 Å². The average molecular weight is 355 g/mol. The number of nitrogens with one attached hydrogen (secondary N) is 4. The summed E-state index contributed by atoms with van der Waals surface area (Å²) in [6.45, 7) is 4.53. The largest absolute Gasteiger partial charge is 0.358 e. The van der Waals surface area contributed by atoms with Crippen LogP contribution in [0.1, 0.15) is 33.1 Å². The molecular formula is C16H23FN4S2. The lowest BCUT2D eigenvalue weighted by Crippen LogP contribution is -2.53. The van der Waals surface area contributed by atoms with Gasteiger partial charge in [0.25, 0.3) is 0 Å². The van der Waals surface area contributed by atoms with E-state index in [1.54, 1.807) is 18.2 Å². The zero-order valence-electron chi connectivity index (χ0n) is 13.4. The highest BCUT2D eigenvalue weighted by molar-refractivity contribution is 7.80. The fraction of sp³-hybridized carbons (Fsp3) is 0.500. The van der Waals surface area contributed by atoms with Crippen molar-refractivity contribution >= 4 is 40.3 Å². The van der Waals surface area contributed by atoms with E-state index in [0.717, 1.165) is 6.42 Å². The minimum atomic E-state index is -0.359. The SMILES string of the molecule is C[C@@H]1[C@@H](C)CCC[C@H]1NC(=S)NNC(=S)Nc1ccccc1F. The van der Waals surface area contributed by atoms with Crippen LogP contribution in [0, 0.1) is 17.7 Å². The second-order valence-corrected chi connectivity index (χ2v) is 6.85. The van der Waals surface area contributed by atoms with Crippen LogP contribution in [0.5, 0.6) is 0 Å². The topological polar surface area (TPSA) is 48.1 Å². The van der Waals surface area contributed by atoms with Crippen molar-refractivity contribution in [1.29, 1.82) is 0 Å². The summed E-state index contributed by atoms with van der Waals surface area (Å²) >= 11 is 10.4. The highest BCUT2D eigenvalue weighted by atomic mass is 32.1. The second-order valence-electron chi connectivity index (χ2n) is 6.03. The van der Waals surface area contributed by atoms with Crippen molar-refractivity contribution in [1.82, 2.24) is 16.2 Å². The molecule has 0 spiro atoms. The third-order valence-corrected chi connectivity index (χ3v) is 4.86. The van der Waals surface area contributed by atoms with Crippen molar-refractivity contribution in [3.05, 3.63) is 30.1 Å². The molecule has 4 N–H and O–H groups in total. The number of rotatable bonds is 2. The number of anilines is 1. The smallest absolute Gasteiger partial charge is 0.189 e. The first kappa shape index (κ1) is 17.9. The minimum absolute atomic E-state index is 0.254. The molecule has 1 aliphatic rings. The van der Waals surface area contributed by atoms with Crippen molar-refractivity contribution in [3.8, 4) is 0 Å². The Hall–Kier alpha value is -1.47. The van der Waals surface area contributed by atoms with Crippen molar-refractivity contribution in [2.24, 2.45) is 11.8 Å². The molecule has 0 bridgehead atoms. The van der Waals surface area contributed by atoms with Crippen molar-refractivity contribution in [2.75, 3.05) is 5.32 Å². The summed E-state index contributed by atoms with van der Waals surface area (Å²) in [5.41, 5.74) is 5.94. The van der Waals surface area contributed by atoms with Crippen LogP contribution in [0.15, 0.2) is 24.3 Å². The predicted molar refractivity (Wildman–Crippen MR) is 101 cm³/mol. The Morgan fingerprint density at radius 1 is 1.09 bits per heavy atom. The molecule has 0 unspecified atom stereocenters. The number of halogens is 1. The number of benzene rings is 1. The van der Waals surface area contributed by atoms with Crippen molar-refractivity contribution in [3.63, 3.8) is 0 Å². The Bertz CT molecular complexity index is 567. The Morgan fingerprint density at radius 3 is 2.52 bits per heavy atom. The quantitative estimate of drug-likeness (QED) is 0.483. The molecule has 0 radical (unpaired) electrons. The average Bonchev–Trinajstić information content (AvgIpc) is 2.52. The molecule has 1 aliphatic carbocycles. The summed E-state index contributed by atoms with van der Waals surface area (Å²) < 4.78 is 13.5. The molecule has 2 rings (SSSR count). The van der Waals surface area contributed by atoms with E-state index in [2.05, 4.69) is 35.3 Å². The molecule has 0 aliphatic heterocycles. The summed E-state index contributed by atoms with van der Waals surface area (Å²) in [5.74, 6) is 0.912. The minimum Gasteiger partial charge on any atom is -0.358 e. The van der Waals surface area contributed by atoms with E-state index in [0.29, 0.717) is 28.7 Å². The van der Waals surface area contributed by atoms with Gasteiger partial charge in [0, 0.05) is 6.04 Å². The highest BCUT2D eigenvalue weighted by Gasteiger charge is 2.27. The van der Waals surface area contributed by atoms with E-state index < -0.39 is 0 Å². The van der Waals surface area contributed by atoms with Crippen LogP contribution in [0.3, 0.4) is 0 Å². The molecule has 1 aromatic rings. The Morgan fingerprint density at radius 2 is 1.78 bits per heavy atom. The van der Waals surface area contributed by atoms with Gasteiger partial charge >= 0.3 is 0 Å². The molecule has 126 valence electrons. The summed E-state index contributed by atoms with van der Waals surface area (Å²) in [7, 11) is 0. The lowest BCUT2D eigenvalue weighted by atomic mass is 9.78. The fourth-order valence-corrected chi connectivity index (χ4v) is 3.18. The molecule has 0 saturated heterocycles. The second kappa shape index (κ2) is 8.40. The number of para-hydroxylation sites is 1. The van der Waals surface area contributed by atoms with Crippen LogP contribution in [0.25, 0.3) is 0 Å². The maximum atomic E-state index is 13.5. The summed E-state index contributed by atoms with van der Waals surface area (Å²) in [5, 5.41) is 6.85. The monoisotopic (exact) mass is 354 g/mol. The normalized spacial score (nSPS) is 23.7. The van der Waals surface area contributed by atoms with Gasteiger partial charge < -0.3 is 10.6 Å². The van der Waals surface area contributed by atoms with E-state index in [9.17, 15) is 4.39 Å². The molecule has 23 heavy (non-hydrogen) atoms. The number of thiocarbonyl (C=S) groups is 2. The van der Waals surface area contributed by atoms with Crippen LogP contribution in [0.2, 0.25) is 0 Å². The van der Waals surface area contributed by atoms with E-state index in [4.69, 9.17) is 24.4 Å². The molecule has 0 aromatic heterocycles. The third-order valence-electron chi connectivity index (χ3n) is 4.43. The molecular weight excluding hydrogens is 331 g/mol. The van der Waals surface area contributed by atoms with Gasteiger partial charge in [0.15, 0.2) is 10.2 Å². The van der Waals surface area contributed by atoms with E-state index in [1.807, 2.05) is 0 Å². The zero-order valence-corrected chi connectivity index (χ0v) is 15.0. The first-order valence-electron chi connectivity index (χ1n) is 7.85. The molecule has 3 atom stereocenters. The van der Waals surface area contributed by atoms with Gasteiger partial charge in [0.05, 0.1) is 5.69 Å². The number of hydrogen-bond acceptors (Lipinski definition) is 2. The van der Waals surface area contributed by atoms with Gasteiger partial charge in [-0.1, -0.05) is 38.8 Å². The lowest BCUT2D eigenvalue weighted by Gasteiger charge is -2.35. The van der Waals surface area contributed by atoms with Crippen LogP contribution in [-0.2, 0) is 0 Å². The van der Waals surface area contributed by atoms with Crippen LogP contribution >= 0.6 is 24.4 Å². The molecule has 7 heteroatoms. The Labute approximate surface area is 147 Å². The lowest BCUT2D eigenvalue weighted by molar-refractivity contribution is 0.224. The van der Waals surface area contributed by atoms with E-state index >= 15 is 0 Å². The van der Waals surface area contributed by atoms with Gasteiger partial charge in [0.2, 0.25) is 0 Å². The van der Waals surface area contributed by atoms with Crippen molar-refractivity contribution < 1.29 is 4.39 Å². The standard InChI is InChI=1S/C16H23FN4S2/c1-10-6-5-9-13(11(10)2)18-15(22)20-21-16(23)19-14-8-4-3-7-12(14)17/h3-4,7-8,10-11,13H,5-6,9H2,1-2H3,(H2,18,20,22)(H2,19,21,23)/t10-,11+,13+/m0/s1. The van der Waals surface area contributed by atoms with Crippen LogP contribution in [-0.4, -0.2) is 16.3 Å². The molecule has 4 nitrogen and oxygen atoms in total. The fourth-order valence-electron chi connectivity index (χ4n) is 2.82. The van der Waals surface area contributed by atoms with E-state index in [1.165, 1.54) is 18.9 Å². The van der Waals surface area contributed by atoms with Gasteiger partial charge in [0.1, 0.15) is 5.82 Å². The Balaban J connectivity index is 1.76. The number of hydrazine groups is 1. The third kappa shape index (κ3) is 5.28. The van der Waals surface area contributed by atoms with Gasteiger partial charge in [-0.25, -0.2) is 4.39 Å². The maximum absolute atomic E-state index is 13.5. The summed E-state index contributed by atoms with van der Waals surface area (Å²) in [6, 6.07) is 6.72. The maximum Gasteiger partial charge on any atom is 0.189 e.